The Hall–Kier alpha value is -0.380. The molecule has 0 aromatic carbocycles. The summed E-state index contributed by atoms with van der Waals surface area (Å²) in [4.78, 5) is 0. The fourth-order valence-corrected chi connectivity index (χ4v) is 2.13. The molecule has 0 saturated carbocycles. The van der Waals surface area contributed by atoms with Gasteiger partial charge in [-0.05, 0) is 32.6 Å². The van der Waals surface area contributed by atoms with Crippen LogP contribution in [0, 0.1) is 0 Å². The Labute approximate surface area is 92.5 Å². The standard InChI is InChI=1S/C12H23NO2/c1-12(8-9-14,10-15-2)13-11-6-4-3-5-7-11/h4,6,11,13-14H,3,5,7-10H2,1-2H3. The first kappa shape index (κ1) is 12.7. The number of allylic oxidation sites excluding steroid dienone is 1. The van der Waals surface area contributed by atoms with Crippen LogP contribution in [0.3, 0.4) is 0 Å². The number of ether oxygens (including phenoxy) is 1. The van der Waals surface area contributed by atoms with Crippen molar-refractivity contribution < 1.29 is 9.84 Å². The van der Waals surface area contributed by atoms with Crippen LogP contribution in [0.15, 0.2) is 12.2 Å². The van der Waals surface area contributed by atoms with Crippen LogP contribution < -0.4 is 5.32 Å². The molecule has 0 spiro atoms. The Morgan fingerprint density at radius 1 is 1.60 bits per heavy atom. The monoisotopic (exact) mass is 213 g/mol. The van der Waals surface area contributed by atoms with Crippen LogP contribution in [0.5, 0.6) is 0 Å². The van der Waals surface area contributed by atoms with Crippen LogP contribution in [0.2, 0.25) is 0 Å². The smallest absolute Gasteiger partial charge is 0.0642 e. The summed E-state index contributed by atoms with van der Waals surface area (Å²) in [5, 5.41) is 12.6. The van der Waals surface area contributed by atoms with Gasteiger partial charge in [0.15, 0.2) is 0 Å². The summed E-state index contributed by atoms with van der Waals surface area (Å²) in [6, 6.07) is 0.436. The van der Waals surface area contributed by atoms with E-state index < -0.39 is 0 Å². The van der Waals surface area contributed by atoms with Crippen LogP contribution >= 0.6 is 0 Å². The third-order valence-electron chi connectivity index (χ3n) is 2.91. The molecule has 15 heavy (non-hydrogen) atoms. The molecule has 0 amide bonds. The molecule has 2 atom stereocenters. The summed E-state index contributed by atoms with van der Waals surface area (Å²) < 4.78 is 5.20. The molecule has 1 aliphatic rings. The average Bonchev–Trinajstić information content (AvgIpc) is 2.19. The molecule has 3 nitrogen and oxygen atoms in total. The van der Waals surface area contributed by atoms with Crippen molar-refractivity contribution in [2.75, 3.05) is 20.3 Å². The second-order valence-corrected chi connectivity index (χ2v) is 4.58. The van der Waals surface area contributed by atoms with Crippen molar-refractivity contribution in [1.29, 1.82) is 0 Å². The van der Waals surface area contributed by atoms with E-state index in [1.807, 2.05) is 0 Å². The quantitative estimate of drug-likeness (QED) is 0.657. The summed E-state index contributed by atoms with van der Waals surface area (Å²) in [5.41, 5.74) is -0.115. The first-order valence-electron chi connectivity index (χ1n) is 5.74. The van der Waals surface area contributed by atoms with E-state index in [9.17, 15) is 0 Å². The van der Waals surface area contributed by atoms with Crippen molar-refractivity contribution in [3.05, 3.63) is 12.2 Å². The number of aliphatic hydroxyl groups excluding tert-OH is 1. The highest BCUT2D eigenvalue weighted by Gasteiger charge is 2.26. The second-order valence-electron chi connectivity index (χ2n) is 4.58. The molecular weight excluding hydrogens is 190 g/mol. The van der Waals surface area contributed by atoms with Crippen LogP contribution in [0.1, 0.15) is 32.6 Å². The molecule has 2 unspecified atom stereocenters. The number of nitrogens with one attached hydrogen (secondary N) is 1. The summed E-state index contributed by atoms with van der Waals surface area (Å²) in [6.07, 6.45) is 8.81. The molecule has 0 bridgehead atoms. The minimum absolute atomic E-state index is 0.115. The number of hydrogen-bond donors (Lipinski definition) is 2. The maximum atomic E-state index is 9.04. The van der Waals surface area contributed by atoms with Gasteiger partial charge in [0.2, 0.25) is 0 Å². The third-order valence-corrected chi connectivity index (χ3v) is 2.91. The molecule has 2 N–H and O–H groups in total. The van der Waals surface area contributed by atoms with Gasteiger partial charge < -0.3 is 15.2 Å². The van der Waals surface area contributed by atoms with Gasteiger partial charge in [-0.2, -0.15) is 0 Å². The highest BCUT2D eigenvalue weighted by Crippen LogP contribution is 2.16. The van der Waals surface area contributed by atoms with E-state index >= 15 is 0 Å². The van der Waals surface area contributed by atoms with Gasteiger partial charge in [-0.25, -0.2) is 0 Å². The zero-order valence-corrected chi connectivity index (χ0v) is 9.83. The van der Waals surface area contributed by atoms with Crippen LogP contribution in [-0.4, -0.2) is 37.0 Å². The van der Waals surface area contributed by atoms with Crippen molar-refractivity contribution >= 4 is 0 Å². The Kier molecular flexibility index (Phi) is 5.29. The van der Waals surface area contributed by atoms with Gasteiger partial charge >= 0.3 is 0 Å². The molecule has 0 fully saturated rings. The first-order valence-corrected chi connectivity index (χ1v) is 5.74. The van der Waals surface area contributed by atoms with Gasteiger partial charge in [0.05, 0.1) is 6.61 Å². The highest BCUT2D eigenvalue weighted by atomic mass is 16.5. The number of hydrogen-bond acceptors (Lipinski definition) is 3. The van der Waals surface area contributed by atoms with Gasteiger partial charge in [-0.1, -0.05) is 12.2 Å². The molecule has 0 radical (unpaired) electrons. The highest BCUT2D eigenvalue weighted by molar-refractivity contribution is 5.01. The minimum Gasteiger partial charge on any atom is -0.396 e. The van der Waals surface area contributed by atoms with Crippen molar-refractivity contribution in [2.24, 2.45) is 0 Å². The molecule has 3 heteroatoms. The van der Waals surface area contributed by atoms with Crippen LogP contribution in [0.4, 0.5) is 0 Å². The van der Waals surface area contributed by atoms with Gasteiger partial charge in [-0.15, -0.1) is 0 Å². The van der Waals surface area contributed by atoms with Crippen LogP contribution in [-0.2, 0) is 4.74 Å². The molecule has 1 aliphatic carbocycles. The van der Waals surface area contributed by atoms with Crippen LogP contribution in [0.25, 0.3) is 0 Å². The van der Waals surface area contributed by atoms with E-state index in [1.165, 1.54) is 19.3 Å². The minimum atomic E-state index is -0.115. The Balaban J connectivity index is 2.48. The maximum Gasteiger partial charge on any atom is 0.0642 e. The van der Waals surface area contributed by atoms with E-state index in [-0.39, 0.29) is 12.1 Å². The van der Waals surface area contributed by atoms with E-state index in [0.29, 0.717) is 12.6 Å². The summed E-state index contributed by atoms with van der Waals surface area (Å²) >= 11 is 0. The predicted molar refractivity (Wildman–Crippen MR) is 61.9 cm³/mol. The lowest BCUT2D eigenvalue weighted by Gasteiger charge is -2.34. The van der Waals surface area contributed by atoms with E-state index in [4.69, 9.17) is 9.84 Å². The third kappa shape index (κ3) is 4.33. The number of methoxy groups -OCH3 is 1. The topological polar surface area (TPSA) is 41.5 Å². The lowest BCUT2D eigenvalue weighted by Crippen LogP contribution is -2.51. The lowest BCUT2D eigenvalue weighted by atomic mass is 9.94. The van der Waals surface area contributed by atoms with Crippen molar-refractivity contribution in [3.8, 4) is 0 Å². The average molecular weight is 213 g/mol. The summed E-state index contributed by atoms with van der Waals surface area (Å²) in [6.45, 7) is 2.94. The number of rotatable bonds is 6. The van der Waals surface area contributed by atoms with Crippen molar-refractivity contribution in [2.45, 2.75) is 44.2 Å². The Morgan fingerprint density at radius 3 is 2.93 bits per heavy atom. The largest absolute Gasteiger partial charge is 0.396 e. The molecule has 0 aliphatic heterocycles. The zero-order chi connectivity index (χ0) is 11.1. The van der Waals surface area contributed by atoms with E-state index in [0.717, 1.165) is 6.42 Å². The fraction of sp³-hybridized carbons (Fsp3) is 0.833. The SMILES string of the molecule is COCC(C)(CCO)NC1C=CCCC1. The van der Waals surface area contributed by atoms with Gasteiger partial charge in [-0.3, -0.25) is 0 Å². The fourth-order valence-electron chi connectivity index (χ4n) is 2.13. The Bertz CT molecular complexity index is 198. The molecular formula is C12H23NO2. The van der Waals surface area contributed by atoms with Gasteiger partial charge in [0.1, 0.15) is 0 Å². The van der Waals surface area contributed by atoms with Crippen molar-refractivity contribution in [3.63, 3.8) is 0 Å². The summed E-state index contributed by atoms with van der Waals surface area (Å²) in [5.74, 6) is 0. The van der Waals surface area contributed by atoms with E-state index in [2.05, 4.69) is 24.4 Å². The van der Waals surface area contributed by atoms with Crippen molar-refractivity contribution in [1.82, 2.24) is 5.32 Å². The lowest BCUT2D eigenvalue weighted by molar-refractivity contribution is 0.0923. The van der Waals surface area contributed by atoms with E-state index in [1.54, 1.807) is 7.11 Å². The normalized spacial score (nSPS) is 25.1. The first-order chi connectivity index (χ1) is 7.20. The molecule has 0 heterocycles. The molecule has 0 aromatic heterocycles. The molecule has 88 valence electrons. The summed E-state index contributed by atoms with van der Waals surface area (Å²) in [7, 11) is 1.70. The molecule has 1 rings (SSSR count). The second kappa shape index (κ2) is 6.26. The molecule has 0 saturated heterocycles. The molecule has 0 aromatic rings. The van der Waals surface area contributed by atoms with Gasteiger partial charge in [0, 0.05) is 25.3 Å². The number of aliphatic hydroxyl groups is 1. The maximum absolute atomic E-state index is 9.04. The Morgan fingerprint density at radius 2 is 2.40 bits per heavy atom. The predicted octanol–water partition coefficient (Wildman–Crippen LogP) is 1.47. The van der Waals surface area contributed by atoms with Gasteiger partial charge in [0.25, 0.3) is 0 Å². The zero-order valence-electron chi connectivity index (χ0n) is 9.83.